The van der Waals surface area contributed by atoms with Crippen molar-refractivity contribution in [2.24, 2.45) is 11.3 Å². The van der Waals surface area contributed by atoms with Gasteiger partial charge in [-0.3, -0.25) is 4.79 Å². The van der Waals surface area contributed by atoms with E-state index in [-0.39, 0.29) is 12.5 Å². The second kappa shape index (κ2) is 6.95. The summed E-state index contributed by atoms with van der Waals surface area (Å²) in [4.78, 5) is 15.0. The Hall–Kier alpha value is -1.85. The number of aliphatic hydroxyl groups excluding tert-OH is 1. The molecule has 1 fully saturated rings. The summed E-state index contributed by atoms with van der Waals surface area (Å²) in [6.45, 7) is 8.01. The summed E-state index contributed by atoms with van der Waals surface area (Å²) in [6, 6.07) is 7.75. The highest BCUT2D eigenvalue weighted by molar-refractivity contribution is 7.14. The molecule has 0 unspecified atom stereocenters. The molecule has 1 amide bonds. The Labute approximate surface area is 164 Å². The van der Waals surface area contributed by atoms with E-state index in [2.05, 4.69) is 26.1 Å². The molecule has 0 bridgehead atoms. The van der Waals surface area contributed by atoms with Crippen molar-refractivity contribution in [3.8, 4) is 5.75 Å². The zero-order valence-electron chi connectivity index (χ0n) is 16.2. The zero-order valence-corrected chi connectivity index (χ0v) is 17.0. The largest absolute Gasteiger partial charge is 0.494 e. The van der Waals surface area contributed by atoms with Gasteiger partial charge in [0.2, 0.25) is 0 Å². The van der Waals surface area contributed by atoms with Gasteiger partial charge < -0.3 is 15.2 Å². The van der Waals surface area contributed by atoms with Gasteiger partial charge in [-0.15, -0.1) is 11.3 Å². The fourth-order valence-corrected chi connectivity index (χ4v) is 5.68. The van der Waals surface area contributed by atoms with Gasteiger partial charge in [0.25, 0.3) is 5.91 Å². The maximum atomic E-state index is 12.8. The van der Waals surface area contributed by atoms with Crippen molar-refractivity contribution in [2.75, 3.05) is 13.2 Å². The standard InChI is InChI=1S/C22H27NO3S/c1-13-18-16(11-17-19(18)22(17,2)3)20(27-13)21(25)23-12-14-5-7-15(8-6-14)26-10-4-9-24/h5-8,17,19,24H,4,9-12H2,1-3H3,(H,23,25)/t17-,19-/m1/s1. The SMILES string of the molecule is Cc1sc(C(=O)NCc2ccc(OCCCO)cc2)c2c1[C@H]1[C@@H](C2)C1(C)C. The van der Waals surface area contributed by atoms with Crippen molar-refractivity contribution in [3.63, 3.8) is 0 Å². The molecule has 1 saturated carbocycles. The highest BCUT2D eigenvalue weighted by atomic mass is 32.1. The van der Waals surface area contributed by atoms with Gasteiger partial charge in [-0.1, -0.05) is 26.0 Å². The molecule has 5 heteroatoms. The van der Waals surface area contributed by atoms with Gasteiger partial charge in [0.1, 0.15) is 5.75 Å². The van der Waals surface area contributed by atoms with Crippen LogP contribution in [0.25, 0.3) is 0 Å². The van der Waals surface area contributed by atoms with Gasteiger partial charge in [0.15, 0.2) is 0 Å². The molecule has 0 radical (unpaired) electrons. The van der Waals surface area contributed by atoms with E-state index < -0.39 is 0 Å². The van der Waals surface area contributed by atoms with Crippen molar-refractivity contribution in [3.05, 3.63) is 50.7 Å². The molecule has 0 saturated heterocycles. The molecule has 2 N–H and O–H groups in total. The van der Waals surface area contributed by atoms with E-state index in [1.54, 1.807) is 11.3 Å². The van der Waals surface area contributed by atoms with Crippen LogP contribution in [0.5, 0.6) is 5.75 Å². The van der Waals surface area contributed by atoms with Crippen molar-refractivity contribution < 1.29 is 14.6 Å². The molecule has 4 rings (SSSR count). The summed E-state index contributed by atoms with van der Waals surface area (Å²) in [5.41, 5.74) is 4.22. The number of hydrogen-bond acceptors (Lipinski definition) is 4. The summed E-state index contributed by atoms with van der Waals surface area (Å²) in [5.74, 6) is 2.21. The van der Waals surface area contributed by atoms with Crippen molar-refractivity contribution >= 4 is 17.2 Å². The summed E-state index contributed by atoms with van der Waals surface area (Å²) < 4.78 is 5.53. The maximum Gasteiger partial charge on any atom is 0.261 e. The molecule has 0 spiro atoms. The number of amides is 1. The van der Waals surface area contributed by atoms with Crippen LogP contribution in [0.2, 0.25) is 0 Å². The number of aliphatic hydroxyl groups is 1. The first-order valence-electron chi connectivity index (χ1n) is 9.66. The molecule has 2 aliphatic carbocycles. The first-order chi connectivity index (χ1) is 12.9. The van der Waals surface area contributed by atoms with Crippen LogP contribution >= 0.6 is 11.3 Å². The lowest BCUT2D eigenvalue weighted by Crippen LogP contribution is -2.23. The average molecular weight is 386 g/mol. The second-order valence-corrected chi connectivity index (χ2v) is 9.47. The third-order valence-corrected chi connectivity index (χ3v) is 7.34. The minimum Gasteiger partial charge on any atom is -0.494 e. The lowest BCUT2D eigenvalue weighted by atomic mass is 9.95. The van der Waals surface area contributed by atoms with Crippen LogP contribution in [0.3, 0.4) is 0 Å². The van der Waals surface area contributed by atoms with Gasteiger partial charge in [0.05, 0.1) is 11.5 Å². The lowest BCUT2D eigenvalue weighted by molar-refractivity contribution is 0.0954. The maximum absolute atomic E-state index is 12.8. The van der Waals surface area contributed by atoms with Crippen LogP contribution in [0, 0.1) is 18.3 Å². The Balaban J connectivity index is 1.37. The minimum atomic E-state index is 0.0479. The van der Waals surface area contributed by atoms with Gasteiger partial charge in [0, 0.05) is 24.4 Å². The third-order valence-electron chi connectivity index (χ3n) is 6.17. The predicted octanol–water partition coefficient (Wildman–Crippen LogP) is 4.04. The number of ether oxygens (including phenoxy) is 1. The molecule has 144 valence electrons. The summed E-state index contributed by atoms with van der Waals surface area (Å²) in [7, 11) is 0. The van der Waals surface area contributed by atoms with Crippen LogP contribution in [-0.4, -0.2) is 24.2 Å². The van der Waals surface area contributed by atoms with Crippen LogP contribution in [0.1, 0.15) is 57.4 Å². The lowest BCUT2D eigenvalue weighted by Gasteiger charge is -2.10. The molecule has 0 aliphatic heterocycles. The molecule has 4 nitrogen and oxygen atoms in total. The average Bonchev–Trinajstić information content (AvgIpc) is 2.97. The highest BCUT2D eigenvalue weighted by Gasteiger charge is 2.63. The fourth-order valence-electron chi connectivity index (χ4n) is 4.54. The predicted molar refractivity (Wildman–Crippen MR) is 108 cm³/mol. The Morgan fingerprint density at radius 2 is 2.07 bits per heavy atom. The number of hydrogen-bond donors (Lipinski definition) is 2. The molecule has 2 atom stereocenters. The van der Waals surface area contributed by atoms with E-state index in [0.717, 1.165) is 28.5 Å². The van der Waals surface area contributed by atoms with Crippen molar-refractivity contribution in [1.82, 2.24) is 5.32 Å². The normalized spacial score (nSPS) is 21.5. The molecule has 2 aromatic rings. The Kier molecular flexibility index (Phi) is 4.77. The highest BCUT2D eigenvalue weighted by Crippen LogP contribution is 2.71. The van der Waals surface area contributed by atoms with Crippen molar-refractivity contribution in [1.29, 1.82) is 0 Å². The molecule has 1 aromatic heterocycles. The van der Waals surface area contributed by atoms with E-state index >= 15 is 0 Å². The molecule has 27 heavy (non-hydrogen) atoms. The topological polar surface area (TPSA) is 58.6 Å². The Morgan fingerprint density at radius 3 is 2.78 bits per heavy atom. The Bertz CT molecular complexity index is 853. The van der Waals surface area contributed by atoms with Gasteiger partial charge >= 0.3 is 0 Å². The monoisotopic (exact) mass is 385 g/mol. The second-order valence-electron chi connectivity index (χ2n) is 8.24. The van der Waals surface area contributed by atoms with Crippen molar-refractivity contribution in [2.45, 2.75) is 46.1 Å². The fraction of sp³-hybridized carbons (Fsp3) is 0.500. The summed E-state index contributed by atoms with van der Waals surface area (Å²) in [5, 5.41) is 11.9. The molecule has 1 aromatic carbocycles. The van der Waals surface area contributed by atoms with Crippen LogP contribution in [-0.2, 0) is 13.0 Å². The summed E-state index contributed by atoms with van der Waals surface area (Å²) >= 11 is 1.65. The smallest absolute Gasteiger partial charge is 0.261 e. The minimum absolute atomic E-state index is 0.0479. The molecule has 1 heterocycles. The van der Waals surface area contributed by atoms with Crippen LogP contribution < -0.4 is 10.1 Å². The van der Waals surface area contributed by atoms with Gasteiger partial charge in [-0.25, -0.2) is 0 Å². The van der Waals surface area contributed by atoms with Gasteiger partial charge in [-0.2, -0.15) is 0 Å². The number of benzene rings is 1. The first-order valence-corrected chi connectivity index (χ1v) is 10.5. The number of thiophene rings is 1. The van der Waals surface area contributed by atoms with E-state index in [1.165, 1.54) is 16.0 Å². The van der Waals surface area contributed by atoms with E-state index in [4.69, 9.17) is 9.84 Å². The molecular formula is C22H27NO3S. The number of carbonyl (C=O) groups excluding carboxylic acids is 1. The van der Waals surface area contributed by atoms with Crippen LogP contribution in [0.4, 0.5) is 0 Å². The number of carbonyl (C=O) groups is 1. The van der Waals surface area contributed by atoms with Gasteiger partial charge in [-0.05, 0) is 59.4 Å². The van der Waals surface area contributed by atoms with E-state index in [0.29, 0.717) is 30.9 Å². The summed E-state index contributed by atoms with van der Waals surface area (Å²) in [6.07, 6.45) is 1.68. The number of rotatable bonds is 7. The van der Waals surface area contributed by atoms with E-state index in [1.807, 2.05) is 24.3 Å². The molecular weight excluding hydrogens is 358 g/mol. The number of fused-ring (bicyclic) bond motifs is 3. The quantitative estimate of drug-likeness (QED) is 0.707. The zero-order chi connectivity index (χ0) is 19.2. The Morgan fingerprint density at radius 1 is 1.33 bits per heavy atom. The third kappa shape index (κ3) is 3.27. The van der Waals surface area contributed by atoms with E-state index in [9.17, 15) is 4.79 Å². The number of aryl methyl sites for hydroxylation is 1. The first kappa shape index (κ1) is 18.5. The number of nitrogens with one attached hydrogen (secondary N) is 1. The van der Waals surface area contributed by atoms with Crippen LogP contribution in [0.15, 0.2) is 24.3 Å². The molecule has 2 aliphatic rings.